The average Bonchev–Trinajstić information content (AvgIpc) is 2.81. The topological polar surface area (TPSA) is 51.0 Å². The Morgan fingerprint density at radius 2 is 2.31 bits per heavy atom. The van der Waals surface area contributed by atoms with E-state index in [1.807, 2.05) is 26.1 Å². The SMILES string of the molecule is CNc1ncnc(SCc2ccco2)c1C. The third-order valence-electron chi connectivity index (χ3n) is 2.21. The summed E-state index contributed by atoms with van der Waals surface area (Å²) >= 11 is 1.65. The van der Waals surface area contributed by atoms with Crippen LogP contribution in [0.5, 0.6) is 0 Å². The van der Waals surface area contributed by atoms with Crippen molar-refractivity contribution in [1.29, 1.82) is 0 Å². The van der Waals surface area contributed by atoms with Crippen molar-refractivity contribution in [3.05, 3.63) is 36.0 Å². The van der Waals surface area contributed by atoms with E-state index in [4.69, 9.17) is 4.42 Å². The molecule has 2 aromatic rings. The molecule has 0 bridgehead atoms. The lowest BCUT2D eigenvalue weighted by Crippen LogP contribution is -1.98. The second kappa shape index (κ2) is 5.03. The van der Waals surface area contributed by atoms with Gasteiger partial charge in [-0.1, -0.05) is 11.8 Å². The van der Waals surface area contributed by atoms with Gasteiger partial charge in [-0.05, 0) is 19.1 Å². The zero-order valence-electron chi connectivity index (χ0n) is 9.23. The Morgan fingerprint density at radius 1 is 1.44 bits per heavy atom. The molecule has 2 aromatic heterocycles. The quantitative estimate of drug-likeness (QED) is 0.652. The lowest BCUT2D eigenvalue weighted by atomic mass is 10.3. The van der Waals surface area contributed by atoms with Crippen molar-refractivity contribution >= 4 is 17.6 Å². The van der Waals surface area contributed by atoms with Crippen molar-refractivity contribution in [2.45, 2.75) is 17.7 Å². The fraction of sp³-hybridized carbons (Fsp3) is 0.273. The van der Waals surface area contributed by atoms with Gasteiger partial charge in [-0.3, -0.25) is 0 Å². The summed E-state index contributed by atoms with van der Waals surface area (Å²) in [5, 5.41) is 4.02. The third kappa shape index (κ3) is 2.36. The van der Waals surface area contributed by atoms with Crippen LogP contribution in [-0.2, 0) is 5.75 Å². The highest BCUT2D eigenvalue weighted by Gasteiger charge is 2.07. The highest BCUT2D eigenvalue weighted by atomic mass is 32.2. The molecule has 0 unspecified atom stereocenters. The molecular formula is C11H13N3OS. The number of hydrogen-bond donors (Lipinski definition) is 1. The van der Waals surface area contributed by atoms with Gasteiger partial charge in [0.25, 0.3) is 0 Å². The van der Waals surface area contributed by atoms with Gasteiger partial charge >= 0.3 is 0 Å². The Hall–Kier alpha value is -1.49. The van der Waals surface area contributed by atoms with Crippen LogP contribution < -0.4 is 5.32 Å². The lowest BCUT2D eigenvalue weighted by Gasteiger charge is -2.07. The van der Waals surface area contributed by atoms with Crippen molar-refractivity contribution in [1.82, 2.24) is 9.97 Å². The van der Waals surface area contributed by atoms with Gasteiger partial charge in [0, 0.05) is 12.6 Å². The Bertz CT molecular complexity index is 456. The highest BCUT2D eigenvalue weighted by molar-refractivity contribution is 7.98. The summed E-state index contributed by atoms with van der Waals surface area (Å²) in [6, 6.07) is 3.85. The van der Waals surface area contributed by atoms with Crippen LogP contribution in [0, 0.1) is 6.92 Å². The van der Waals surface area contributed by atoms with E-state index in [-0.39, 0.29) is 0 Å². The van der Waals surface area contributed by atoms with E-state index >= 15 is 0 Å². The average molecular weight is 235 g/mol. The van der Waals surface area contributed by atoms with Crippen molar-refractivity contribution in [3.8, 4) is 0 Å². The van der Waals surface area contributed by atoms with Gasteiger partial charge in [0.05, 0.1) is 12.0 Å². The molecule has 2 rings (SSSR count). The Morgan fingerprint density at radius 3 is 3.00 bits per heavy atom. The number of nitrogens with one attached hydrogen (secondary N) is 1. The number of anilines is 1. The first-order chi connectivity index (χ1) is 7.81. The van der Waals surface area contributed by atoms with E-state index < -0.39 is 0 Å². The number of hydrogen-bond acceptors (Lipinski definition) is 5. The van der Waals surface area contributed by atoms with Crippen LogP contribution in [0.25, 0.3) is 0 Å². The molecule has 0 spiro atoms. The minimum Gasteiger partial charge on any atom is -0.468 e. The molecule has 0 amide bonds. The Labute approximate surface area is 98.5 Å². The van der Waals surface area contributed by atoms with Crippen molar-refractivity contribution < 1.29 is 4.42 Å². The second-order valence-corrected chi connectivity index (χ2v) is 4.23. The first-order valence-corrected chi connectivity index (χ1v) is 5.94. The standard InChI is InChI=1S/C11H13N3OS/c1-8-10(12-2)13-7-14-11(8)16-6-9-4-3-5-15-9/h3-5,7H,6H2,1-2H3,(H,12,13,14). The lowest BCUT2D eigenvalue weighted by molar-refractivity contribution is 0.530. The van der Waals surface area contributed by atoms with Crippen LogP contribution >= 0.6 is 11.8 Å². The third-order valence-corrected chi connectivity index (χ3v) is 3.32. The first-order valence-electron chi connectivity index (χ1n) is 4.96. The maximum atomic E-state index is 5.27. The van der Waals surface area contributed by atoms with Gasteiger partial charge in [-0.2, -0.15) is 0 Å². The summed E-state index contributed by atoms with van der Waals surface area (Å²) < 4.78 is 5.27. The minimum absolute atomic E-state index is 0.786. The van der Waals surface area contributed by atoms with E-state index in [1.54, 1.807) is 24.4 Å². The van der Waals surface area contributed by atoms with Gasteiger partial charge < -0.3 is 9.73 Å². The molecule has 4 nitrogen and oxygen atoms in total. The van der Waals surface area contributed by atoms with Crippen molar-refractivity contribution in [2.75, 3.05) is 12.4 Å². The smallest absolute Gasteiger partial charge is 0.133 e. The van der Waals surface area contributed by atoms with Crippen LogP contribution in [0.2, 0.25) is 0 Å². The minimum atomic E-state index is 0.786. The van der Waals surface area contributed by atoms with Gasteiger partial charge in [0.1, 0.15) is 22.9 Å². The van der Waals surface area contributed by atoms with Crippen LogP contribution in [-0.4, -0.2) is 17.0 Å². The second-order valence-electron chi connectivity index (χ2n) is 3.27. The molecule has 0 saturated carbocycles. The molecule has 0 fully saturated rings. The number of aromatic nitrogens is 2. The summed E-state index contributed by atoms with van der Waals surface area (Å²) in [6.07, 6.45) is 3.26. The largest absolute Gasteiger partial charge is 0.468 e. The summed E-state index contributed by atoms with van der Waals surface area (Å²) in [5.41, 5.74) is 1.07. The van der Waals surface area contributed by atoms with Gasteiger partial charge in [0.15, 0.2) is 0 Å². The zero-order chi connectivity index (χ0) is 11.4. The Balaban J connectivity index is 2.09. The predicted molar refractivity (Wildman–Crippen MR) is 64.6 cm³/mol. The molecule has 0 aliphatic heterocycles. The van der Waals surface area contributed by atoms with Crippen molar-refractivity contribution in [3.63, 3.8) is 0 Å². The van der Waals surface area contributed by atoms with Crippen LogP contribution in [0.15, 0.2) is 34.2 Å². The van der Waals surface area contributed by atoms with Gasteiger partial charge in [0.2, 0.25) is 0 Å². The maximum Gasteiger partial charge on any atom is 0.133 e. The molecule has 1 N–H and O–H groups in total. The molecule has 16 heavy (non-hydrogen) atoms. The Kier molecular flexibility index (Phi) is 3.46. The first kappa shape index (κ1) is 11.0. The van der Waals surface area contributed by atoms with Crippen LogP contribution in [0.1, 0.15) is 11.3 Å². The highest BCUT2D eigenvalue weighted by Crippen LogP contribution is 2.26. The summed E-state index contributed by atoms with van der Waals surface area (Å²) in [6.45, 7) is 2.01. The summed E-state index contributed by atoms with van der Waals surface area (Å²) in [5.74, 6) is 2.61. The number of thioether (sulfide) groups is 1. The molecular weight excluding hydrogens is 222 g/mol. The molecule has 2 heterocycles. The monoisotopic (exact) mass is 235 g/mol. The number of furan rings is 1. The molecule has 0 atom stereocenters. The van der Waals surface area contributed by atoms with E-state index in [0.29, 0.717) is 0 Å². The van der Waals surface area contributed by atoms with Crippen LogP contribution in [0.3, 0.4) is 0 Å². The molecule has 5 heteroatoms. The number of nitrogens with zero attached hydrogens (tertiary/aromatic N) is 2. The molecule has 0 aromatic carbocycles. The molecule has 0 radical (unpaired) electrons. The summed E-state index contributed by atoms with van der Waals surface area (Å²) in [7, 11) is 1.86. The predicted octanol–water partition coefficient (Wildman–Crippen LogP) is 2.71. The molecule has 0 aliphatic carbocycles. The van der Waals surface area contributed by atoms with Crippen LogP contribution in [0.4, 0.5) is 5.82 Å². The maximum absolute atomic E-state index is 5.27. The fourth-order valence-electron chi connectivity index (χ4n) is 1.37. The van der Waals surface area contributed by atoms with E-state index in [0.717, 1.165) is 27.9 Å². The summed E-state index contributed by atoms with van der Waals surface area (Å²) in [4.78, 5) is 8.40. The van der Waals surface area contributed by atoms with Gasteiger partial charge in [-0.15, -0.1) is 0 Å². The van der Waals surface area contributed by atoms with E-state index in [9.17, 15) is 0 Å². The zero-order valence-corrected chi connectivity index (χ0v) is 10.0. The fourth-order valence-corrected chi connectivity index (χ4v) is 2.24. The van der Waals surface area contributed by atoms with E-state index in [1.165, 1.54) is 0 Å². The molecule has 0 saturated heterocycles. The normalized spacial score (nSPS) is 10.4. The molecule has 0 aliphatic rings. The molecule has 84 valence electrons. The van der Waals surface area contributed by atoms with Crippen molar-refractivity contribution in [2.24, 2.45) is 0 Å². The number of rotatable bonds is 4. The van der Waals surface area contributed by atoms with Gasteiger partial charge in [-0.25, -0.2) is 9.97 Å². The van der Waals surface area contributed by atoms with E-state index in [2.05, 4.69) is 15.3 Å².